The summed E-state index contributed by atoms with van der Waals surface area (Å²) >= 11 is 0. The van der Waals surface area contributed by atoms with Crippen molar-refractivity contribution in [2.24, 2.45) is 5.92 Å². The molecule has 0 aliphatic carbocycles. The number of hydrogen-bond donors (Lipinski definition) is 0. The van der Waals surface area contributed by atoms with Crippen LogP contribution < -0.4 is 0 Å². The Balaban J connectivity index is 2.22. The van der Waals surface area contributed by atoms with Crippen molar-refractivity contribution < 1.29 is 14.3 Å². The van der Waals surface area contributed by atoms with Gasteiger partial charge in [0.1, 0.15) is 0 Å². The monoisotopic (exact) mass is 234 g/mol. The van der Waals surface area contributed by atoms with Crippen LogP contribution in [-0.2, 0) is 20.9 Å². The van der Waals surface area contributed by atoms with Crippen LogP contribution >= 0.6 is 0 Å². The molecule has 0 bridgehead atoms. The zero-order chi connectivity index (χ0) is 12.5. The molecule has 0 fully saturated rings. The first-order valence-corrected chi connectivity index (χ1v) is 5.60. The Hall–Kier alpha value is -1.61. The van der Waals surface area contributed by atoms with Gasteiger partial charge in [0.15, 0.2) is 0 Å². The third-order valence-corrected chi connectivity index (χ3v) is 2.25. The number of methoxy groups -OCH3 is 1. The second-order valence-electron chi connectivity index (χ2n) is 3.86. The maximum atomic E-state index is 10.9. The maximum Gasteiger partial charge on any atom is 0.330 e. The van der Waals surface area contributed by atoms with E-state index >= 15 is 0 Å². The second kappa shape index (κ2) is 7.63. The molecule has 1 aromatic carbocycles. The second-order valence-corrected chi connectivity index (χ2v) is 3.86. The summed E-state index contributed by atoms with van der Waals surface area (Å²) in [5.41, 5.74) is 1.15. The van der Waals surface area contributed by atoms with E-state index in [9.17, 15) is 4.79 Å². The minimum atomic E-state index is -0.333. The molecule has 0 aliphatic rings. The van der Waals surface area contributed by atoms with Crippen LogP contribution in [0.15, 0.2) is 42.5 Å². The van der Waals surface area contributed by atoms with Gasteiger partial charge in [0, 0.05) is 6.08 Å². The summed E-state index contributed by atoms with van der Waals surface area (Å²) in [4.78, 5) is 10.9. The van der Waals surface area contributed by atoms with E-state index in [1.54, 1.807) is 6.08 Å². The molecule has 0 unspecified atom stereocenters. The Kier molecular flexibility index (Phi) is 6.04. The van der Waals surface area contributed by atoms with Crippen molar-refractivity contribution in [3.8, 4) is 0 Å². The first-order chi connectivity index (χ1) is 8.22. The number of hydrogen-bond acceptors (Lipinski definition) is 3. The zero-order valence-electron chi connectivity index (χ0n) is 10.3. The maximum absolute atomic E-state index is 10.9. The van der Waals surface area contributed by atoms with Gasteiger partial charge in [-0.2, -0.15) is 0 Å². The smallest absolute Gasteiger partial charge is 0.330 e. The summed E-state index contributed by atoms with van der Waals surface area (Å²) < 4.78 is 10.1. The molecule has 3 heteroatoms. The minimum absolute atomic E-state index is 0.192. The van der Waals surface area contributed by atoms with Crippen molar-refractivity contribution in [2.75, 3.05) is 13.7 Å². The van der Waals surface area contributed by atoms with Crippen molar-refractivity contribution in [1.82, 2.24) is 0 Å². The molecule has 0 saturated carbocycles. The lowest BCUT2D eigenvalue weighted by Crippen LogP contribution is -2.04. The number of carbonyl (C=O) groups excluding carboxylic acids is 1. The first-order valence-electron chi connectivity index (χ1n) is 5.60. The third-order valence-electron chi connectivity index (χ3n) is 2.25. The van der Waals surface area contributed by atoms with Gasteiger partial charge in [-0.15, -0.1) is 0 Å². The molecule has 1 rings (SSSR count). The number of carbonyl (C=O) groups is 1. The fourth-order valence-corrected chi connectivity index (χ4v) is 1.30. The normalized spacial score (nSPS) is 12.6. The van der Waals surface area contributed by atoms with Crippen LogP contribution in [-0.4, -0.2) is 19.7 Å². The van der Waals surface area contributed by atoms with Crippen molar-refractivity contribution in [3.63, 3.8) is 0 Å². The van der Waals surface area contributed by atoms with Gasteiger partial charge in [0.05, 0.1) is 20.3 Å². The molecule has 1 aromatic rings. The molecule has 0 radical (unpaired) electrons. The molecule has 0 saturated heterocycles. The van der Waals surface area contributed by atoms with Crippen LogP contribution in [0.5, 0.6) is 0 Å². The lowest BCUT2D eigenvalue weighted by atomic mass is 10.2. The van der Waals surface area contributed by atoms with Crippen LogP contribution in [0.25, 0.3) is 0 Å². The van der Waals surface area contributed by atoms with Crippen LogP contribution in [0.1, 0.15) is 12.5 Å². The highest BCUT2D eigenvalue weighted by Crippen LogP contribution is 2.04. The Morgan fingerprint density at radius 2 is 2.06 bits per heavy atom. The van der Waals surface area contributed by atoms with Crippen molar-refractivity contribution in [1.29, 1.82) is 0 Å². The average molecular weight is 234 g/mol. The molecule has 17 heavy (non-hydrogen) atoms. The number of esters is 1. The Morgan fingerprint density at radius 3 is 2.71 bits per heavy atom. The standard InChI is InChI=1S/C14H18O3/c1-12(8-9-14(15)16-2)10-17-11-13-6-4-3-5-7-13/h3-9,12H,10-11H2,1-2H3/b9-8+/t12-/m0/s1. The Labute approximate surface area is 102 Å². The summed E-state index contributed by atoms with van der Waals surface area (Å²) in [5, 5.41) is 0. The van der Waals surface area contributed by atoms with E-state index in [0.29, 0.717) is 13.2 Å². The molecule has 0 amide bonds. The number of benzene rings is 1. The van der Waals surface area contributed by atoms with Crippen molar-refractivity contribution in [2.45, 2.75) is 13.5 Å². The van der Waals surface area contributed by atoms with E-state index in [1.807, 2.05) is 37.3 Å². The molecule has 3 nitrogen and oxygen atoms in total. The third kappa shape index (κ3) is 5.88. The summed E-state index contributed by atoms with van der Waals surface area (Å²) in [7, 11) is 1.36. The summed E-state index contributed by atoms with van der Waals surface area (Å²) in [6, 6.07) is 9.99. The first kappa shape index (κ1) is 13.5. The molecule has 0 heterocycles. The zero-order valence-corrected chi connectivity index (χ0v) is 10.3. The molecule has 0 N–H and O–H groups in total. The van der Waals surface area contributed by atoms with E-state index in [4.69, 9.17) is 4.74 Å². The highest BCUT2D eigenvalue weighted by atomic mass is 16.5. The largest absolute Gasteiger partial charge is 0.466 e. The van der Waals surface area contributed by atoms with Gasteiger partial charge in [-0.05, 0) is 11.5 Å². The van der Waals surface area contributed by atoms with Crippen molar-refractivity contribution in [3.05, 3.63) is 48.0 Å². The predicted octanol–water partition coefficient (Wildman–Crippen LogP) is 2.57. The molecular weight excluding hydrogens is 216 g/mol. The molecule has 1 atom stereocenters. The lowest BCUT2D eigenvalue weighted by Gasteiger charge is -2.07. The quantitative estimate of drug-likeness (QED) is 0.560. The topological polar surface area (TPSA) is 35.5 Å². The van der Waals surface area contributed by atoms with E-state index in [-0.39, 0.29) is 11.9 Å². The van der Waals surface area contributed by atoms with Crippen molar-refractivity contribution >= 4 is 5.97 Å². The minimum Gasteiger partial charge on any atom is -0.466 e. The molecule has 0 spiro atoms. The van der Waals surface area contributed by atoms with E-state index in [1.165, 1.54) is 13.2 Å². The summed E-state index contributed by atoms with van der Waals surface area (Å²) in [6.07, 6.45) is 3.22. The highest BCUT2D eigenvalue weighted by Gasteiger charge is 1.99. The van der Waals surface area contributed by atoms with Crippen LogP contribution in [0.3, 0.4) is 0 Å². The molecule has 0 aliphatic heterocycles. The summed E-state index contributed by atoms with van der Waals surface area (Å²) in [6.45, 7) is 3.17. The van der Waals surface area contributed by atoms with Crippen LogP contribution in [0.2, 0.25) is 0 Å². The van der Waals surface area contributed by atoms with Gasteiger partial charge in [0.25, 0.3) is 0 Å². The lowest BCUT2D eigenvalue weighted by molar-refractivity contribution is -0.134. The van der Waals surface area contributed by atoms with Gasteiger partial charge in [-0.3, -0.25) is 0 Å². The molecule has 0 aromatic heterocycles. The van der Waals surface area contributed by atoms with Crippen LogP contribution in [0, 0.1) is 5.92 Å². The number of rotatable bonds is 6. The van der Waals surface area contributed by atoms with Gasteiger partial charge in [-0.1, -0.05) is 43.3 Å². The average Bonchev–Trinajstić information content (AvgIpc) is 2.37. The predicted molar refractivity (Wildman–Crippen MR) is 66.4 cm³/mol. The van der Waals surface area contributed by atoms with Gasteiger partial charge in [0.2, 0.25) is 0 Å². The van der Waals surface area contributed by atoms with Gasteiger partial charge in [-0.25, -0.2) is 4.79 Å². The van der Waals surface area contributed by atoms with E-state index in [2.05, 4.69) is 4.74 Å². The fourth-order valence-electron chi connectivity index (χ4n) is 1.30. The van der Waals surface area contributed by atoms with Gasteiger partial charge >= 0.3 is 5.97 Å². The van der Waals surface area contributed by atoms with Gasteiger partial charge < -0.3 is 9.47 Å². The van der Waals surface area contributed by atoms with E-state index < -0.39 is 0 Å². The number of ether oxygens (including phenoxy) is 2. The Bertz CT molecular complexity index is 357. The van der Waals surface area contributed by atoms with Crippen LogP contribution in [0.4, 0.5) is 0 Å². The fraction of sp³-hybridized carbons (Fsp3) is 0.357. The molecule has 92 valence electrons. The summed E-state index contributed by atoms with van der Waals surface area (Å²) in [5.74, 6) is -0.141. The van der Waals surface area contributed by atoms with E-state index in [0.717, 1.165) is 5.56 Å². The molecular formula is C14H18O3. The highest BCUT2D eigenvalue weighted by molar-refractivity contribution is 5.81. The Morgan fingerprint density at radius 1 is 1.35 bits per heavy atom. The SMILES string of the molecule is COC(=O)/C=C/[C@H](C)COCc1ccccc1.